The molecule has 130 valence electrons. The van der Waals surface area contributed by atoms with E-state index in [1.54, 1.807) is 25.1 Å². The maximum Gasteiger partial charge on any atom is 0.335 e. The van der Waals surface area contributed by atoms with E-state index in [0.717, 1.165) is 9.60 Å². The normalized spacial score (nSPS) is 14.7. The van der Waals surface area contributed by atoms with E-state index in [9.17, 15) is 19.2 Å². The number of halogens is 1. The van der Waals surface area contributed by atoms with Gasteiger partial charge in [-0.3, -0.25) is 14.4 Å². The molecule has 0 unspecified atom stereocenters. The lowest BCUT2D eigenvalue weighted by molar-refractivity contribution is -0.148. The van der Waals surface area contributed by atoms with Crippen molar-refractivity contribution in [2.45, 2.75) is 13.5 Å². The van der Waals surface area contributed by atoms with Gasteiger partial charge in [0, 0.05) is 5.02 Å². The van der Waals surface area contributed by atoms with Gasteiger partial charge in [0.05, 0.1) is 23.4 Å². The maximum absolute atomic E-state index is 12.3. The summed E-state index contributed by atoms with van der Waals surface area (Å²) in [5.41, 5.74) is 0.640. The smallest absolute Gasteiger partial charge is 0.335 e. The minimum Gasteiger partial charge on any atom is -0.465 e. The van der Waals surface area contributed by atoms with Crippen LogP contribution in [0.3, 0.4) is 0 Å². The average molecular weight is 382 g/mol. The lowest BCUT2D eigenvalue weighted by Crippen LogP contribution is -2.37. The number of ether oxygens (including phenoxy) is 1. The predicted molar refractivity (Wildman–Crippen MR) is 88.9 cm³/mol. The molecule has 2 aromatic rings. The zero-order chi connectivity index (χ0) is 18.1. The van der Waals surface area contributed by atoms with Crippen LogP contribution in [0.25, 0.3) is 10.2 Å². The van der Waals surface area contributed by atoms with Crippen LogP contribution in [0, 0.1) is 0 Å². The summed E-state index contributed by atoms with van der Waals surface area (Å²) in [6.45, 7) is 0.965. The number of carbonyl (C=O) groups is 4. The van der Waals surface area contributed by atoms with Crippen molar-refractivity contribution < 1.29 is 23.9 Å². The molecule has 1 saturated heterocycles. The Balaban J connectivity index is 1.79. The van der Waals surface area contributed by atoms with Gasteiger partial charge < -0.3 is 4.74 Å². The van der Waals surface area contributed by atoms with E-state index >= 15 is 0 Å². The predicted octanol–water partition coefficient (Wildman–Crippen LogP) is 1.80. The van der Waals surface area contributed by atoms with Crippen molar-refractivity contribution in [3.8, 4) is 0 Å². The van der Waals surface area contributed by atoms with Crippen LogP contribution in [-0.2, 0) is 25.7 Å². The first-order valence-corrected chi connectivity index (χ1v) is 8.48. The van der Waals surface area contributed by atoms with Crippen molar-refractivity contribution in [3.05, 3.63) is 28.2 Å². The maximum atomic E-state index is 12.3. The van der Waals surface area contributed by atoms with Crippen LogP contribution in [0.1, 0.15) is 11.9 Å². The summed E-state index contributed by atoms with van der Waals surface area (Å²) in [6.07, 6.45) is 0. The topological polar surface area (TPSA) is 96.9 Å². The molecule has 0 spiro atoms. The number of fused-ring (bicyclic) bond motifs is 1. The molecule has 0 bridgehead atoms. The SMILES string of the molecule is CCOC(=O)CN1C(=O)C(=O)N(Cc2nc3cc(Cl)ccc3s2)C1=O. The summed E-state index contributed by atoms with van der Waals surface area (Å²) in [7, 11) is 0. The number of hydrogen-bond acceptors (Lipinski definition) is 7. The van der Waals surface area contributed by atoms with Gasteiger partial charge >= 0.3 is 23.8 Å². The highest BCUT2D eigenvalue weighted by atomic mass is 35.5. The summed E-state index contributed by atoms with van der Waals surface area (Å²) in [5.74, 6) is -2.80. The quantitative estimate of drug-likeness (QED) is 0.445. The van der Waals surface area contributed by atoms with Gasteiger partial charge in [0.15, 0.2) is 0 Å². The minimum atomic E-state index is -1.05. The highest BCUT2D eigenvalue weighted by molar-refractivity contribution is 7.18. The molecule has 0 atom stereocenters. The number of benzene rings is 1. The second-order valence-corrected chi connectivity index (χ2v) is 6.64. The van der Waals surface area contributed by atoms with Crippen LogP contribution in [0.4, 0.5) is 4.79 Å². The summed E-state index contributed by atoms with van der Waals surface area (Å²) in [6, 6.07) is 4.30. The number of aromatic nitrogens is 1. The molecule has 8 nitrogen and oxygen atoms in total. The molecule has 1 aliphatic rings. The number of nitrogens with zero attached hydrogens (tertiary/aromatic N) is 3. The number of esters is 1. The van der Waals surface area contributed by atoms with Crippen molar-refractivity contribution in [2.24, 2.45) is 0 Å². The molecule has 0 aliphatic carbocycles. The fourth-order valence-electron chi connectivity index (χ4n) is 2.32. The van der Waals surface area contributed by atoms with Gasteiger partial charge in [0.2, 0.25) is 0 Å². The first kappa shape index (κ1) is 17.3. The van der Waals surface area contributed by atoms with E-state index in [1.807, 2.05) is 0 Å². The summed E-state index contributed by atoms with van der Waals surface area (Å²) < 4.78 is 5.54. The first-order valence-electron chi connectivity index (χ1n) is 7.28. The third-order valence-corrected chi connectivity index (χ3v) is 4.67. The number of rotatable bonds is 5. The standard InChI is InChI=1S/C15H12ClN3O5S/c1-2-24-12(20)7-19-14(22)13(21)18(15(19)23)6-11-17-9-5-8(16)3-4-10(9)25-11/h3-5H,2,6-7H2,1H3. The highest BCUT2D eigenvalue weighted by Gasteiger charge is 2.45. The van der Waals surface area contributed by atoms with Crippen LogP contribution in [0.2, 0.25) is 5.02 Å². The molecule has 1 aromatic carbocycles. The molecular formula is C15H12ClN3O5S. The molecule has 0 saturated carbocycles. The van der Waals surface area contributed by atoms with Gasteiger partial charge in [0.25, 0.3) is 0 Å². The van der Waals surface area contributed by atoms with Crippen molar-refractivity contribution in [1.29, 1.82) is 0 Å². The van der Waals surface area contributed by atoms with Gasteiger partial charge in [-0.1, -0.05) is 11.6 Å². The molecule has 4 amide bonds. The molecule has 1 aromatic heterocycles. The third-order valence-electron chi connectivity index (χ3n) is 3.41. The zero-order valence-corrected chi connectivity index (χ0v) is 14.6. The second-order valence-electron chi connectivity index (χ2n) is 5.09. The lowest BCUT2D eigenvalue weighted by Gasteiger charge is -2.13. The monoisotopic (exact) mass is 381 g/mol. The fraction of sp³-hybridized carbons (Fsp3) is 0.267. The number of imide groups is 2. The highest BCUT2D eigenvalue weighted by Crippen LogP contribution is 2.27. The Hall–Kier alpha value is -2.52. The van der Waals surface area contributed by atoms with E-state index in [0.29, 0.717) is 20.4 Å². The van der Waals surface area contributed by atoms with Gasteiger partial charge in [-0.25, -0.2) is 19.6 Å². The average Bonchev–Trinajstić information content (AvgIpc) is 3.04. The first-order chi connectivity index (χ1) is 11.9. The van der Waals surface area contributed by atoms with Crippen molar-refractivity contribution >= 4 is 57.0 Å². The Morgan fingerprint density at radius 3 is 2.68 bits per heavy atom. The van der Waals surface area contributed by atoms with Gasteiger partial charge in [-0.15, -0.1) is 11.3 Å². The molecule has 0 N–H and O–H groups in total. The number of hydrogen-bond donors (Lipinski definition) is 0. The largest absolute Gasteiger partial charge is 0.465 e. The van der Waals surface area contributed by atoms with E-state index < -0.39 is 30.4 Å². The Labute approximate surface area is 150 Å². The minimum absolute atomic E-state index is 0.112. The van der Waals surface area contributed by atoms with E-state index in [2.05, 4.69) is 4.98 Å². The van der Waals surface area contributed by atoms with E-state index in [4.69, 9.17) is 16.3 Å². The summed E-state index contributed by atoms with van der Waals surface area (Å²) >= 11 is 7.19. The fourth-order valence-corrected chi connectivity index (χ4v) is 3.42. The second kappa shape index (κ2) is 6.77. The van der Waals surface area contributed by atoms with Crippen LogP contribution in [0.5, 0.6) is 0 Å². The Bertz CT molecular complexity index is 896. The zero-order valence-electron chi connectivity index (χ0n) is 13.0. The van der Waals surface area contributed by atoms with Crippen LogP contribution in [0.15, 0.2) is 18.2 Å². The number of amides is 4. The van der Waals surface area contributed by atoms with Crippen LogP contribution in [-0.4, -0.2) is 51.8 Å². The number of carbonyl (C=O) groups excluding carboxylic acids is 4. The molecule has 10 heteroatoms. The van der Waals surface area contributed by atoms with Crippen LogP contribution >= 0.6 is 22.9 Å². The van der Waals surface area contributed by atoms with E-state index in [-0.39, 0.29) is 13.2 Å². The van der Waals surface area contributed by atoms with Crippen LogP contribution < -0.4 is 0 Å². The van der Waals surface area contributed by atoms with Gasteiger partial charge in [0.1, 0.15) is 11.6 Å². The van der Waals surface area contributed by atoms with Crippen molar-refractivity contribution in [1.82, 2.24) is 14.8 Å². The van der Waals surface area contributed by atoms with Crippen molar-refractivity contribution in [3.63, 3.8) is 0 Å². The third kappa shape index (κ3) is 3.33. The Morgan fingerprint density at radius 1 is 1.24 bits per heavy atom. The molecule has 25 heavy (non-hydrogen) atoms. The molecule has 1 fully saturated rings. The van der Waals surface area contributed by atoms with Crippen molar-refractivity contribution in [2.75, 3.05) is 13.2 Å². The molecule has 1 aliphatic heterocycles. The molecular weight excluding hydrogens is 370 g/mol. The molecule has 0 radical (unpaired) electrons. The Kier molecular flexibility index (Phi) is 4.69. The molecule has 3 rings (SSSR count). The summed E-state index contributed by atoms with van der Waals surface area (Å²) in [4.78, 5) is 53.4. The molecule has 2 heterocycles. The van der Waals surface area contributed by atoms with Gasteiger partial charge in [-0.2, -0.15) is 0 Å². The van der Waals surface area contributed by atoms with E-state index in [1.165, 1.54) is 11.3 Å². The Morgan fingerprint density at radius 2 is 1.96 bits per heavy atom. The number of urea groups is 1. The van der Waals surface area contributed by atoms with Gasteiger partial charge in [-0.05, 0) is 25.1 Å². The lowest BCUT2D eigenvalue weighted by atomic mass is 10.3. The summed E-state index contributed by atoms with van der Waals surface area (Å²) in [5, 5.41) is 0.998. The number of thiazole rings is 1.